The number of benzene rings is 4. The number of rotatable bonds is 11. The standard InChI is InChI=1S/C35H30N2O8/c38-32(27-17-29(34(41)42)30(35(43)44)18-28(27)33(39)40)37(31-15-7-13-25-12-4-5-14-26(25)31)20-24-11-6-10-23(16-24)19-36-45-21-22-8-2-1-3-9-22/h1-6,8-12,14,16-19,31H,7,13,15,20-21H2,(H,39,40)(H,41,42)(H,43,44)/t31-/m0/s1. The lowest BCUT2D eigenvalue weighted by Crippen LogP contribution is -2.37. The van der Waals surface area contributed by atoms with Crippen LogP contribution < -0.4 is 0 Å². The molecule has 0 fully saturated rings. The molecule has 0 unspecified atom stereocenters. The van der Waals surface area contributed by atoms with E-state index in [0.717, 1.165) is 47.2 Å². The Labute approximate surface area is 258 Å². The molecule has 10 heteroatoms. The average molecular weight is 607 g/mol. The van der Waals surface area contributed by atoms with Gasteiger partial charge >= 0.3 is 17.9 Å². The van der Waals surface area contributed by atoms with E-state index in [1.54, 1.807) is 12.3 Å². The van der Waals surface area contributed by atoms with Crippen LogP contribution in [-0.4, -0.2) is 50.2 Å². The van der Waals surface area contributed by atoms with E-state index in [1.807, 2.05) is 72.8 Å². The Hall–Kier alpha value is -5.77. The maximum Gasteiger partial charge on any atom is 0.336 e. The van der Waals surface area contributed by atoms with Gasteiger partial charge in [-0.1, -0.05) is 78.0 Å². The van der Waals surface area contributed by atoms with Gasteiger partial charge in [-0.25, -0.2) is 14.4 Å². The fourth-order valence-electron chi connectivity index (χ4n) is 5.59. The molecule has 0 spiro atoms. The third kappa shape index (κ3) is 7.07. The molecule has 0 bridgehead atoms. The van der Waals surface area contributed by atoms with E-state index < -0.39 is 52.1 Å². The number of amides is 1. The zero-order chi connectivity index (χ0) is 31.9. The van der Waals surface area contributed by atoms with Gasteiger partial charge in [-0.2, -0.15) is 0 Å². The first kappa shape index (κ1) is 30.7. The summed E-state index contributed by atoms with van der Waals surface area (Å²) in [5.74, 6) is -5.47. The van der Waals surface area contributed by atoms with Crippen molar-refractivity contribution in [1.29, 1.82) is 0 Å². The fraction of sp³-hybridized carbons (Fsp3) is 0.171. The highest BCUT2D eigenvalue weighted by Crippen LogP contribution is 2.37. The van der Waals surface area contributed by atoms with Gasteiger partial charge in [-0.15, -0.1) is 0 Å². The number of aryl methyl sites for hydroxylation is 1. The Balaban J connectivity index is 1.52. The van der Waals surface area contributed by atoms with Crippen molar-refractivity contribution in [1.82, 2.24) is 4.90 Å². The summed E-state index contributed by atoms with van der Waals surface area (Å²) in [5.41, 5.74) is 2.00. The lowest BCUT2D eigenvalue weighted by Gasteiger charge is -2.36. The van der Waals surface area contributed by atoms with E-state index in [1.165, 1.54) is 4.90 Å². The molecular formula is C35H30N2O8. The van der Waals surface area contributed by atoms with Crippen molar-refractivity contribution in [2.24, 2.45) is 5.16 Å². The number of carbonyl (C=O) groups is 4. The van der Waals surface area contributed by atoms with Gasteiger partial charge in [0.2, 0.25) is 0 Å². The third-order valence-corrected chi connectivity index (χ3v) is 7.71. The summed E-state index contributed by atoms with van der Waals surface area (Å²) in [6.45, 7) is 0.359. The zero-order valence-corrected chi connectivity index (χ0v) is 24.1. The molecule has 5 rings (SSSR count). The van der Waals surface area contributed by atoms with E-state index >= 15 is 0 Å². The number of carboxylic acid groups (broad SMARTS) is 3. The highest BCUT2D eigenvalue weighted by atomic mass is 16.6. The molecule has 0 aliphatic heterocycles. The minimum atomic E-state index is -1.61. The minimum absolute atomic E-state index is 0.0620. The molecule has 1 amide bonds. The van der Waals surface area contributed by atoms with Crippen molar-refractivity contribution in [3.8, 4) is 0 Å². The molecule has 1 aliphatic carbocycles. The molecule has 4 aromatic rings. The SMILES string of the molecule is O=C(O)c1cc(C(=O)O)c(C(=O)N(Cc2cccc(C=NOCc3ccccc3)c2)[C@H]2CCCc3ccccc32)cc1C(=O)O. The van der Waals surface area contributed by atoms with Crippen molar-refractivity contribution in [2.75, 3.05) is 0 Å². The second-order valence-electron chi connectivity index (χ2n) is 10.6. The van der Waals surface area contributed by atoms with Crippen LogP contribution in [0.3, 0.4) is 0 Å². The van der Waals surface area contributed by atoms with E-state index in [4.69, 9.17) is 4.84 Å². The maximum absolute atomic E-state index is 14.3. The van der Waals surface area contributed by atoms with Gasteiger partial charge in [0.1, 0.15) is 6.61 Å². The number of aromatic carboxylic acids is 3. The molecule has 0 aromatic heterocycles. The second-order valence-corrected chi connectivity index (χ2v) is 10.6. The van der Waals surface area contributed by atoms with Crippen LogP contribution in [0.2, 0.25) is 0 Å². The van der Waals surface area contributed by atoms with Crippen LogP contribution in [0.1, 0.15) is 88.1 Å². The van der Waals surface area contributed by atoms with Crippen molar-refractivity contribution in [2.45, 2.75) is 38.5 Å². The predicted octanol–water partition coefficient (Wildman–Crippen LogP) is 6.05. The van der Waals surface area contributed by atoms with E-state index in [0.29, 0.717) is 18.6 Å². The van der Waals surface area contributed by atoms with Gasteiger partial charge in [0.05, 0.1) is 34.5 Å². The molecule has 0 saturated heterocycles. The predicted molar refractivity (Wildman–Crippen MR) is 165 cm³/mol. The molecule has 10 nitrogen and oxygen atoms in total. The molecule has 228 valence electrons. The fourth-order valence-corrected chi connectivity index (χ4v) is 5.59. The Bertz CT molecular complexity index is 1780. The van der Waals surface area contributed by atoms with Gasteiger partial charge in [0, 0.05) is 6.54 Å². The molecule has 3 N–H and O–H groups in total. The Kier molecular flexibility index (Phi) is 9.33. The van der Waals surface area contributed by atoms with Crippen molar-refractivity contribution in [3.05, 3.63) is 141 Å². The summed E-state index contributed by atoms with van der Waals surface area (Å²) in [6.07, 6.45) is 3.75. The number of fused-ring (bicyclic) bond motifs is 1. The third-order valence-electron chi connectivity index (χ3n) is 7.71. The Morgan fingerprint density at radius 3 is 2.09 bits per heavy atom. The highest BCUT2D eigenvalue weighted by molar-refractivity contribution is 6.10. The van der Waals surface area contributed by atoms with Gasteiger partial charge < -0.3 is 25.1 Å². The first-order valence-corrected chi connectivity index (χ1v) is 14.3. The van der Waals surface area contributed by atoms with Crippen molar-refractivity contribution in [3.63, 3.8) is 0 Å². The number of carbonyl (C=O) groups excluding carboxylic acids is 1. The van der Waals surface area contributed by atoms with Crippen LogP contribution in [0.5, 0.6) is 0 Å². The molecule has 45 heavy (non-hydrogen) atoms. The number of hydrogen-bond acceptors (Lipinski definition) is 6. The van der Waals surface area contributed by atoms with Crippen LogP contribution >= 0.6 is 0 Å². The first-order valence-electron chi connectivity index (χ1n) is 14.3. The van der Waals surface area contributed by atoms with Gasteiger partial charge in [0.25, 0.3) is 5.91 Å². The summed E-state index contributed by atoms with van der Waals surface area (Å²) in [5, 5.41) is 33.3. The minimum Gasteiger partial charge on any atom is -0.478 e. The van der Waals surface area contributed by atoms with E-state index in [2.05, 4.69) is 5.16 Å². The summed E-state index contributed by atoms with van der Waals surface area (Å²) in [4.78, 5) is 57.3. The number of nitrogens with zero attached hydrogens (tertiary/aromatic N) is 2. The van der Waals surface area contributed by atoms with Crippen molar-refractivity contribution >= 4 is 30.0 Å². The topological polar surface area (TPSA) is 154 Å². The van der Waals surface area contributed by atoms with Gasteiger partial charge in [-0.05, 0) is 65.3 Å². The van der Waals surface area contributed by atoms with Crippen molar-refractivity contribution < 1.29 is 39.3 Å². The molecule has 0 heterocycles. The lowest BCUT2D eigenvalue weighted by atomic mass is 9.86. The van der Waals surface area contributed by atoms with Crippen LogP contribution in [-0.2, 0) is 24.4 Å². The van der Waals surface area contributed by atoms with Gasteiger partial charge in [0.15, 0.2) is 0 Å². The number of oxime groups is 1. The molecular weight excluding hydrogens is 576 g/mol. The average Bonchev–Trinajstić information content (AvgIpc) is 3.05. The number of hydrogen-bond donors (Lipinski definition) is 3. The Morgan fingerprint density at radius 1 is 0.756 bits per heavy atom. The van der Waals surface area contributed by atoms with Crippen LogP contribution in [0.15, 0.2) is 96.2 Å². The molecule has 1 aliphatic rings. The summed E-state index contributed by atoms with van der Waals surface area (Å²) in [7, 11) is 0. The van der Waals surface area contributed by atoms with Crippen LogP contribution in [0, 0.1) is 0 Å². The van der Waals surface area contributed by atoms with Crippen LogP contribution in [0.4, 0.5) is 0 Å². The highest BCUT2D eigenvalue weighted by Gasteiger charge is 2.33. The second kappa shape index (κ2) is 13.7. The monoisotopic (exact) mass is 606 g/mol. The zero-order valence-electron chi connectivity index (χ0n) is 24.1. The van der Waals surface area contributed by atoms with Crippen LogP contribution in [0.25, 0.3) is 0 Å². The summed E-state index contributed by atoms with van der Waals surface area (Å²) in [6, 6.07) is 25.7. The lowest BCUT2D eigenvalue weighted by molar-refractivity contribution is 0.0611. The molecule has 4 aromatic carbocycles. The molecule has 0 saturated carbocycles. The van der Waals surface area contributed by atoms with E-state index in [9.17, 15) is 34.5 Å². The summed E-state index contributed by atoms with van der Waals surface area (Å²) >= 11 is 0. The maximum atomic E-state index is 14.3. The Morgan fingerprint density at radius 2 is 1.38 bits per heavy atom. The first-order chi connectivity index (χ1) is 21.7. The summed E-state index contributed by atoms with van der Waals surface area (Å²) < 4.78 is 0. The largest absolute Gasteiger partial charge is 0.478 e. The van der Waals surface area contributed by atoms with Gasteiger partial charge in [-0.3, -0.25) is 4.79 Å². The quantitative estimate of drug-likeness (QED) is 0.138. The van der Waals surface area contributed by atoms with E-state index in [-0.39, 0.29) is 6.54 Å². The molecule has 0 radical (unpaired) electrons. The normalized spacial score (nSPS) is 14.0. The number of carboxylic acids is 3. The molecule has 1 atom stereocenters. The smallest absolute Gasteiger partial charge is 0.336 e.